The third-order valence-corrected chi connectivity index (χ3v) is 5.68. The minimum absolute atomic E-state index is 0.0928. The smallest absolute Gasteiger partial charge is 0.417 e. The maximum absolute atomic E-state index is 13.9. The number of benzene rings is 3. The molecule has 1 unspecified atom stereocenters. The van der Waals surface area contributed by atoms with Crippen LogP contribution in [0, 0.1) is 17.6 Å². The van der Waals surface area contributed by atoms with Gasteiger partial charge in [0, 0.05) is 6.07 Å². The average molecular weight is 497 g/mol. The first-order valence-corrected chi connectivity index (χ1v) is 10.8. The molecule has 180 valence electrons. The van der Waals surface area contributed by atoms with Crippen LogP contribution >= 0.6 is 11.6 Å². The second-order valence-electron chi connectivity index (χ2n) is 8.40. The van der Waals surface area contributed by atoms with E-state index < -0.39 is 40.3 Å². The van der Waals surface area contributed by atoms with Crippen molar-refractivity contribution in [1.29, 1.82) is 0 Å². The van der Waals surface area contributed by atoms with Crippen LogP contribution in [-0.4, -0.2) is 13.1 Å². The molecule has 0 spiro atoms. The maximum Gasteiger partial charge on any atom is 0.417 e. The van der Waals surface area contributed by atoms with Gasteiger partial charge in [-0.2, -0.15) is 13.2 Å². The maximum atomic E-state index is 13.9. The van der Waals surface area contributed by atoms with Gasteiger partial charge in [0.2, 0.25) is 0 Å². The summed E-state index contributed by atoms with van der Waals surface area (Å²) in [6.07, 6.45) is -4.27. The van der Waals surface area contributed by atoms with E-state index in [1.54, 1.807) is 12.1 Å². The predicted octanol–water partition coefficient (Wildman–Crippen LogP) is 8.27. The molecular weight excluding hydrogens is 475 g/mol. The lowest BCUT2D eigenvalue weighted by atomic mass is 9.86. The monoisotopic (exact) mass is 496 g/mol. The van der Waals surface area contributed by atoms with E-state index in [2.05, 4.69) is 0 Å². The second kappa shape index (κ2) is 10.1. The molecule has 0 radical (unpaired) electrons. The van der Waals surface area contributed by atoms with Gasteiger partial charge in [-0.3, -0.25) is 4.79 Å². The predicted molar refractivity (Wildman–Crippen MR) is 121 cm³/mol. The highest BCUT2D eigenvalue weighted by Gasteiger charge is 2.33. The van der Waals surface area contributed by atoms with Crippen molar-refractivity contribution in [2.24, 2.45) is 5.92 Å². The largest absolute Gasteiger partial charge is 0.469 e. The van der Waals surface area contributed by atoms with Crippen LogP contribution in [0.4, 0.5) is 22.0 Å². The molecule has 0 aliphatic rings. The van der Waals surface area contributed by atoms with E-state index in [9.17, 15) is 26.7 Å². The number of alkyl halides is 3. The van der Waals surface area contributed by atoms with Crippen LogP contribution in [0.2, 0.25) is 5.02 Å². The van der Waals surface area contributed by atoms with Crippen LogP contribution in [0.5, 0.6) is 0 Å². The number of ether oxygens (including phenoxy) is 1. The first-order valence-electron chi connectivity index (χ1n) is 10.5. The normalized spacial score (nSPS) is 12.6. The van der Waals surface area contributed by atoms with Crippen molar-refractivity contribution < 1.29 is 31.5 Å². The Bertz CT molecular complexity index is 1180. The quantitative estimate of drug-likeness (QED) is 0.253. The summed E-state index contributed by atoms with van der Waals surface area (Å²) in [5.41, 5.74) is 0.482. The lowest BCUT2D eigenvalue weighted by Gasteiger charge is -2.20. The van der Waals surface area contributed by atoms with Crippen LogP contribution < -0.4 is 0 Å². The molecule has 0 saturated carbocycles. The fourth-order valence-corrected chi connectivity index (χ4v) is 4.04. The molecule has 0 heterocycles. The summed E-state index contributed by atoms with van der Waals surface area (Å²) in [5, 5.41) is -0.452. The van der Waals surface area contributed by atoms with E-state index >= 15 is 0 Å². The number of hydrogen-bond acceptors (Lipinski definition) is 2. The zero-order chi connectivity index (χ0) is 25.2. The number of rotatable bonds is 6. The van der Waals surface area contributed by atoms with Gasteiger partial charge in [0.1, 0.15) is 11.6 Å². The van der Waals surface area contributed by atoms with Gasteiger partial charge in [-0.1, -0.05) is 43.6 Å². The first kappa shape index (κ1) is 25.7. The van der Waals surface area contributed by atoms with Crippen LogP contribution in [0.15, 0.2) is 54.6 Å². The molecule has 0 fully saturated rings. The first-order chi connectivity index (χ1) is 15.9. The van der Waals surface area contributed by atoms with Gasteiger partial charge < -0.3 is 4.74 Å². The number of esters is 1. The zero-order valence-corrected chi connectivity index (χ0v) is 19.4. The highest BCUT2D eigenvalue weighted by molar-refractivity contribution is 6.31. The molecule has 3 aromatic carbocycles. The third kappa shape index (κ3) is 5.95. The van der Waals surface area contributed by atoms with E-state index in [1.165, 1.54) is 19.2 Å². The Labute approximate surface area is 199 Å². The molecule has 0 N–H and O–H groups in total. The van der Waals surface area contributed by atoms with E-state index in [0.717, 1.165) is 30.3 Å². The van der Waals surface area contributed by atoms with Gasteiger partial charge in [-0.05, 0) is 70.5 Å². The molecule has 1 atom stereocenters. The summed E-state index contributed by atoms with van der Waals surface area (Å²) in [6.45, 7) is 3.83. The van der Waals surface area contributed by atoms with Crippen molar-refractivity contribution in [1.82, 2.24) is 0 Å². The Morgan fingerprint density at radius 3 is 1.97 bits per heavy atom. The van der Waals surface area contributed by atoms with Crippen LogP contribution in [-0.2, 0) is 15.7 Å². The Hall–Kier alpha value is -2.93. The van der Waals surface area contributed by atoms with Gasteiger partial charge in [0.05, 0.1) is 23.6 Å². The minimum Gasteiger partial charge on any atom is -0.469 e. The molecule has 8 heteroatoms. The van der Waals surface area contributed by atoms with Crippen molar-refractivity contribution in [3.63, 3.8) is 0 Å². The summed E-state index contributed by atoms with van der Waals surface area (Å²) < 4.78 is 73.2. The van der Waals surface area contributed by atoms with Gasteiger partial charge in [0.25, 0.3) is 0 Å². The Balaban J connectivity index is 2.28. The number of hydrogen-bond donors (Lipinski definition) is 0. The molecule has 3 rings (SSSR count). The average Bonchev–Trinajstić information content (AvgIpc) is 2.75. The van der Waals surface area contributed by atoms with Crippen LogP contribution in [0.25, 0.3) is 22.3 Å². The van der Waals surface area contributed by atoms with E-state index in [4.69, 9.17) is 16.3 Å². The summed E-state index contributed by atoms with van der Waals surface area (Å²) in [4.78, 5) is 12.6. The highest BCUT2D eigenvalue weighted by atomic mass is 35.5. The van der Waals surface area contributed by atoms with Crippen LogP contribution in [0.1, 0.15) is 37.3 Å². The fourth-order valence-electron chi connectivity index (χ4n) is 3.81. The summed E-state index contributed by atoms with van der Waals surface area (Å²) in [7, 11) is 1.25. The van der Waals surface area contributed by atoms with Crippen molar-refractivity contribution >= 4 is 17.6 Å². The lowest BCUT2D eigenvalue weighted by Crippen LogP contribution is -2.16. The third-order valence-electron chi connectivity index (χ3n) is 5.35. The summed E-state index contributed by atoms with van der Waals surface area (Å²) in [6, 6.07) is 11.1. The fraction of sp³-hybridized carbons (Fsp3) is 0.269. The van der Waals surface area contributed by atoms with Crippen molar-refractivity contribution in [3.05, 3.63) is 82.4 Å². The van der Waals surface area contributed by atoms with Gasteiger partial charge >= 0.3 is 12.1 Å². The number of carbonyl (C=O) groups is 1. The lowest BCUT2D eigenvalue weighted by molar-refractivity contribution is -0.143. The molecule has 34 heavy (non-hydrogen) atoms. The van der Waals surface area contributed by atoms with Gasteiger partial charge in [-0.15, -0.1) is 0 Å². The SMILES string of the molecule is COC(=O)C(CC(C)C)c1cc(-c2cc(F)cc(F)c2)cc(-c2ccc(Cl)c(C(F)(F)F)c2)c1. The number of halogens is 6. The van der Waals surface area contributed by atoms with Crippen molar-refractivity contribution in [3.8, 4) is 22.3 Å². The topological polar surface area (TPSA) is 26.3 Å². The molecule has 0 saturated heterocycles. The standard InChI is InChI=1S/C26H22ClF5O2/c1-14(2)6-22(25(33)34-3)19-8-16(15-4-5-24(27)23(12-15)26(30,31)32)7-17(9-19)18-10-20(28)13-21(29)11-18/h4-5,7-14,22H,6H2,1-3H3. The molecule has 0 aromatic heterocycles. The van der Waals surface area contributed by atoms with Gasteiger partial charge in [0.15, 0.2) is 0 Å². The zero-order valence-electron chi connectivity index (χ0n) is 18.6. The Morgan fingerprint density at radius 2 is 1.44 bits per heavy atom. The van der Waals surface area contributed by atoms with E-state index in [1.807, 2.05) is 13.8 Å². The minimum atomic E-state index is -4.68. The Kier molecular flexibility index (Phi) is 7.66. The molecule has 0 aliphatic heterocycles. The van der Waals surface area contributed by atoms with Gasteiger partial charge in [-0.25, -0.2) is 8.78 Å². The van der Waals surface area contributed by atoms with E-state index in [-0.39, 0.29) is 17.0 Å². The molecule has 0 amide bonds. The molecule has 0 aliphatic carbocycles. The Morgan fingerprint density at radius 1 is 0.882 bits per heavy atom. The number of methoxy groups -OCH3 is 1. The highest BCUT2D eigenvalue weighted by Crippen LogP contribution is 2.39. The van der Waals surface area contributed by atoms with Crippen molar-refractivity contribution in [2.75, 3.05) is 7.11 Å². The van der Waals surface area contributed by atoms with E-state index in [0.29, 0.717) is 23.1 Å². The summed E-state index contributed by atoms with van der Waals surface area (Å²) >= 11 is 5.77. The molecule has 3 aromatic rings. The second-order valence-corrected chi connectivity index (χ2v) is 8.81. The number of carbonyl (C=O) groups excluding carboxylic acids is 1. The van der Waals surface area contributed by atoms with Crippen molar-refractivity contribution in [2.45, 2.75) is 32.4 Å². The molecule has 2 nitrogen and oxygen atoms in total. The summed E-state index contributed by atoms with van der Waals surface area (Å²) in [5.74, 6) is -2.76. The molecule has 0 bridgehead atoms. The van der Waals surface area contributed by atoms with Crippen LogP contribution in [0.3, 0.4) is 0 Å². The molecular formula is C26H22ClF5O2.